The minimum atomic E-state index is -0.186. The second kappa shape index (κ2) is 14.9. The van der Waals surface area contributed by atoms with Crippen molar-refractivity contribution < 1.29 is 14.3 Å². The summed E-state index contributed by atoms with van der Waals surface area (Å²) >= 11 is 0. The highest BCUT2D eigenvalue weighted by atomic mass is 16.5. The Morgan fingerprint density at radius 1 is 1.06 bits per heavy atom. The number of piperidine rings is 1. The highest BCUT2D eigenvalue weighted by molar-refractivity contribution is 5.95. The second-order valence-electron chi connectivity index (χ2n) is 7.98. The predicted molar refractivity (Wildman–Crippen MR) is 137 cm³/mol. The van der Waals surface area contributed by atoms with Crippen LogP contribution in [0.25, 0.3) is 0 Å². The molecule has 0 bridgehead atoms. The number of benzene rings is 1. The molecule has 2 heterocycles. The van der Waals surface area contributed by atoms with Gasteiger partial charge in [0.1, 0.15) is 0 Å². The third-order valence-electron chi connectivity index (χ3n) is 5.21. The van der Waals surface area contributed by atoms with Crippen LogP contribution in [0.1, 0.15) is 29.6 Å². The van der Waals surface area contributed by atoms with E-state index in [4.69, 9.17) is 15.2 Å². The summed E-state index contributed by atoms with van der Waals surface area (Å²) in [4.78, 5) is 28.4. The van der Waals surface area contributed by atoms with Gasteiger partial charge in [0.2, 0.25) is 17.8 Å². The molecule has 0 unspecified atom stereocenters. The van der Waals surface area contributed by atoms with Crippen LogP contribution in [-0.2, 0) is 9.47 Å². The first-order valence-corrected chi connectivity index (χ1v) is 12.1. The van der Waals surface area contributed by atoms with Gasteiger partial charge in [0.25, 0.3) is 5.91 Å². The van der Waals surface area contributed by atoms with Crippen molar-refractivity contribution >= 4 is 29.4 Å². The molecule has 1 aromatic carbocycles. The molecule has 11 nitrogen and oxygen atoms in total. The molecule has 3 rings (SSSR count). The zero-order chi connectivity index (χ0) is 24.7. The van der Waals surface area contributed by atoms with Gasteiger partial charge >= 0.3 is 0 Å². The lowest BCUT2D eigenvalue weighted by atomic mass is 10.1. The van der Waals surface area contributed by atoms with Crippen LogP contribution in [-0.4, -0.2) is 80.0 Å². The van der Waals surface area contributed by atoms with E-state index in [1.54, 1.807) is 18.2 Å². The van der Waals surface area contributed by atoms with Crippen LogP contribution in [0.15, 0.2) is 36.9 Å². The van der Waals surface area contributed by atoms with Crippen LogP contribution in [0.4, 0.5) is 23.5 Å². The number of carbonyl (C=O) groups is 1. The van der Waals surface area contributed by atoms with Crippen molar-refractivity contribution in [3.8, 4) is 0 Å². The molecule has 0 atom stereocenters. The SMILES string of the molecule is C=CCNc1nc(Nc2cccc(C(=O)NCCOCCOCCN)c2)nc(N2CCCCC2)n1. The maximum Gasteiger partial charge on any atom is 0.251 e. The van der Waals surface area contributed by atoms with Crippen molar-refractivity contribution in [2.75, 3.05) is 74.7 Å². The summed E-state index contributed by atoms with van der Waals surface area (Å²) in [5.74, 6) is 1.34. The van der Waals surface area contributed by atoms with Gasteiger partial charge < -0.3 is 36.1 Å². The number of rotatable bonds is 15. The van der Waals surface area contributed by atoms with Gasteiger partial charge in [-0.2, -0.15) is 15.0 Å². The Balaban J connectivity index is 1.58. The van der Waals surface area contributed by atoms with Gasteiger partial charge in [-0.1, -0.05) is 12.1 Å². The zero-order valence-electron chi connectivity index (χ0n) is 20.2. The molecule has 0 saturated carbocycles. The van der Waals surface area contributed by atoms with Crippen LogP contribution in [0.5, 0.6) is 0 Å². The monoisotopic (exact) mass is 484 g/mol. The number of nitrogens with zero attached hydrogens (tertiary/aromatic N) is 4. The van der Waals surface area contributed by atoms with E-state index >= 15 is 0 Å². The van der Waals surface area contributed by atoms with Crippen LogP contribution in [0, 0.1) is 0 Å². The lowest BCUT2D eigenvalue weighted by Gasteiger charge is -2.27. The quantitative estimate of drug-likeness (QED) is 0.219. The molecule has 1 aromatic heterocycles. The molecule has 5 N–H and O–H groups in total. The molecule has 0 radical (unpaired) electrons. The highest BCUT2D eigenvalue weighted by Crippen LogP contribution is 2.21. The predicted octanol–water partition coefficient (Wildman–Crippen LogP) is 1.93. The van der Waals surface area contributed by atoms with Crippen LogP contribution in [0.2, 0.25) is 0 Å². The fourth-order valence-corrected chi connectivity index (χ4v) is 3.51. The van der Waals surface area contributed by atoms with Crippen molar-refractivity contribution in [2.45, 2.75) is 19.3 Å². The number of hydrogen-bond donors (Lipinski definition) is 4. The van der Waals surface area contributed by atoms with Crippen molar-refractivity contribution in [1.82, 2.24) is 20.3 Å². The molecular formula is C24H36N8O3. The van der Waals surface area contributed by atoms with E-state index in [2.05, 4.69) is 42.4 Å². The summed E-state index contributed by atoms with van der Waals surface area (Å²) in [6, 6.07) is 7.19. The lowest BCUT2D eigenvalue weighted by Crippen LogP contribution is -2.31. The fourth-order valence-electron chi connectivity index (χ4n) is 3.51. The van der Waals surface area contributed by atoms with Gasteiger partial charge in [-0.3, -0.25) is 4.79 Å². The summed E-state index contributed by atoms with van der Waals surface area (Å²) in [6.07, 6.45) is 5.21. The minimum Gasteiger partial charge on any atom is -0.378 e. The zero-order valence-corrected chi connectivity index (χ0v) is 20.2. The van der Waals surface area contributed by atoms with E-state index in [0.717, 1.165) is 25.9 Å². The summed E-state index contributed by atoms with van der Waals surface area (Å²) in [7, 11) is 0. The molecule has 2 aromatic rings. The van der Waals surface area contributed by atoms with E-state index in [-0.39, 0.29) is 5.91 Å². The van der Waals surface area contributed by atoms with Crippen LogP contribution < -0.4 is 26.6 Å². The average Bonchev–Trinajstić information content (AvgIpc) is 2.89. The Morgan fingerprint density at radius 3 is 2.60 bits per heavy atom. The maximum atomic E-state index is 12.6. The third kappa shape index (κ3) is 9.12. The van der Waals surface area contributed by atoms with Gasteiger partial charge in [-0.15, -0.1) is 6.58 Å². The maximum absolute atomic E-state index is 12.6. The van der Waals surface area contributed by atoms with Crippen LogP contribution >= 0.6 is 0 Å². The van der Waals surface area contributed by atoms with E-state index in [1.807, 2.05) is 12.1 Å². The van der Waals surface area contributed by atoms with Gasteiger partial charge in [0, 0.05) is 44.0 Å². The lowest BCUT2D eigenvalue weighted by molar-refractivity contribution is 0.0511. The van der Waals surface area contributed by atoms with E-state index in [0.29, 0.717) is 75.2 Å². The number of carbonyl (C=O) groups excluding carboxylic acids is 1. The molecule has 190 valence electrons. The molecule has 1 aliphatic rings. The van der Waals surface area contributed by atoms with Gasteiger partial charge in [-0.05, 0) is 37.5 Å². The largest absolute Gasteiger partial charge is 0.378 e. The van der Waals surface area contributed by atoms with Crippen LogP contribution in [0.3, 0.4) is 0 Å². The van der Waals surface area contributed by atoms with Crippen molar-refractivity contribution in [1.29, 1.82) is 0 Å². The first-order chi connectivity index (χ1) is 17.2. The summed E-state index contributed by atoms with van der Waals surface area (Å²) < 4.78 is 10.7. The van der Waals surface area contributed by atoms with E-state index in [9.17, 15) is 4.79 Å². The first kappa shape index (κ1) is 26.3. The second-order valence-corrected chi connectivity index (χ2v) is 7.98. The van der Waals surface area contributed by atoms with Crippen molar-refractivity contribution in [3.63, 3.8) is 0 Å². The Labute approximate surface area is 206 Å². The summed E-state index contributed by atoms with van der Waals surface area (Å²) in [5, 5.41) is 9.21. The number of nitrogens with one attached hydrogen (secondary N) is 3. The molecule has 35 heavy (non-hydrogen) atoms. The number of hydrogen-bond acceptors (Lipinski definition) is 10. The Morgan fingerprint density at radius 2 is 1.83 bits per heavy atom. The van der Waals surface area contributed by atoms with Crippen molar-refractivity contribution in [3.05, 3.63) is 42.5 Å². The standard InChI is InChI=1S/C24H36N8O3/c1-2-10-27-22-29-23(31-24(30-22)32-12-4-3-5-13-32)28-20-8-6-7-19(18-20)21(33)26-11-15-35-17-16-34-14-9-25/h2,6-8,18H,1,3-5,9-17,25H2,(H,26,33)(H2,27,28,29,30,31). The Kier molecular flexibility index (Phi) is 11.2. The Bertz CT molecular complexity index is 937. The normalized spacial score (nSPS) is 13.3. The fraction of sp³-hybridized carbons (Fsp3) is 0.500. The molecular weight excluding hydrogens is 448 g/mol. The summed E-state index contributed by atoms with van der Waals surface area (Å²) in [5.41, 5.74) is 6.59. The molecule has 1 aliphatic heterocycles. The molecule has 1 fully saturated rings. The van der Waals surface area contributed by atoms with Gasteiger partial charge in [-0.25, -0.2) is 0 Å². The number of nitrogens with two attached hydrogens (primary N) is 1. The minimum absolute atomic E-state index is 0.186. The molecule has 0 spiro atoms. The topological polar surface area (TPSA) is 140 Å². The number of ether oxygens (including phenoxy) is 2. The van der Waals surface area contributed by atoms with Crippen molar-refractivity contribution in [2.24, 2.45) is 5.73 Å². The average molecular weight is 485 g/mol. The molecule has 1 amide bonds. The molecule has 0 aliphatic carbocycles. The summed E-state index contributed by atoms with van der Waals surface area (Å²) in [6.45, 7) is 8.88. The highest BCUT2D eigenvalue weighted by Gasteiger charge is 2.16. The Hall–Kier alpha value is -3.28. The smallest absolute Gasteiger partial charge is 0.251 e. The van der Waals surface area contributed by atoms with Gasteiger partial charge in [0.15, 0.2) is 0 Å². The number of aromatic nitrogens is 3. The molecule has 11 heteroatoms. The molecule has 1 saturated heterocycles. The number of amides is 1. The van der Waals surface area contributed by atoms with E-state index in [1.165, 1.54) is 6.42 Å². The third-order valence-corrected chi connectivity index (χ3v) is 5.21. The van der Waals surface area contributed by atoms with Gasteiger partial charge in [0.05, 0.1) is 26.4 Å². The first-order valence-electron chi connectivity index (χ1n) is 12.1. The number of anilines is 4. The van der Waals surface area contributed by atoms with E-state index < -0.39 is 0 Å².